The molecule has 0 heterocycles. The van der Waals surface area contributed by atoms with Gasteiger partial charge in [0.05, 0.1) is 10.8 Å². The second-order valence-corrected chi connectivity index (χ2v) is 3.86. The average Bonchev–Trinajstić information content (AvgIpc) is 1.86. The number of carboxylic acid groups (broad SMARTS) is 2. The molecule has 0 spiro atoms. The van der Waals surface area contributed by atoms with Gasteiger partial charge in [-0.1, -0.05) is 0 Å². The van der Waals surface area contributed by atoms with Crippen LogP contribution in [0.25, 0.3) is 0 Å². The first-order valence-electron chi connectivity index (χ1n) is 3.61. The number of aliphatic carboxylic acids is 2. The lowest BCUT2D eigenvalue weighted by molar-refractivity contribution is -0.167. The highest BCUT2D eigenvalue weighted by molar-refractivity contribution is 5.85. The van der Waals surface area contributed by atoms with Crippen molar-refractivity contribution in [3.05, 3.63) is 0 Å². The van der Waals surface area contributed by atoms with Crippen LogP contribution in [-0.2, 0) is 9.59 Å². The third-order valence-electron chi connectivity index (χ3n) is 2.63. The van der Waals surface area contributed by atoms with Crippen LogP contribution >= 0.6 is 0 Å². The summed E-state index contributed by atoms with van der Waals surface area (Å²) in [6.07, 6.45) is 0. The van der Waals surface area contributed by atoms with Crippen LogP contribution in [0.5, 0.6) is 0 Å². The smallest absolute Gasteiger partial charge is 0.310 e. The molecule has 0 aromatic rings. The summed E-state index contributed by atoms with van der Waals surface area (Å²) < 4.78 is 0. The van der Waals surface area contributed by atoms with Gasteiger partial charge in [-0.3, -0.25) is 9.59 Å². The van der Waals surface area contributed by atoms with Gasteiger partial charge in [-0.2, -0.15) is 0 Å². The minimum atomic E-state index is -1.27. The quantitative estimate of drug-likeness (QED) is 0.624. The van der Waals surface area contributed by atoms with Crippen molar-refractivity contribution in [1.29, 1.82) is 0 Å². The molecule has 0 bridgehead atoms. The molecule has 0 aliphatic rings. The molecule has 0 amide bonds. The molecular weight excluding hydrogens is 174 g/mol. The van der Waals surface area contributed by atoms with Gasteiger partial charge < -0.3 is 16.4 Å². The van der Waals surface area contributed by atoms with Gasteiger partial charge in [-0.05, 0) is 27.7 Å². The fourth-order valence-corrected chi connectivity index (χ4v) is 0.535. The molecule has 0 aliphatic carbocycles. The van der Waals surface area contributed by atoms with Crippen molar-refractivity contribution >= 4 is 11.9 Å². The molecule has 0 aromatic carbocycles. The van der Waals surface area contributed by atoms with Crippen LogP contribution in [0.1, 0.15) is 27.7 Å². The first kappa shape index (κ1) is 14.4. The number of hydrogen-bond acceptors (Lipinski definition) is 3. The molecule has 0 aromatic heterocycles. The van der Waals surface area contributed by atoms with Gasteiger partial charge in [-0.25, -0.2) is 0 Å². The highest BCUT2D eigenvalue weighted by atomic mass is 16.4. The number of carbonyl (C=O) groups is 2. The molecule has 0 atom stereocenters. The molecule has 0 fully saturated rings. The van der Waals surface area contributed by atoms with Crippen molar-refractivity contribution in [2.75, 3.05) is 0 Å². The maximum absolute atomic E-state index is 10.7. The summed E-state index contributed by atoms with van der Waals surface area (Å²) in [5, 5.41) is 17.5. The van der Waals surface area contributed by atoms with Crippen LogP contribution in [0.15, 0.2) is 0 Å². The Hall–Kier alpha value is -1.10. The standard InChI is InChI=1S/C8H14O4.H3N/c1-7(2,5(9)10)8(3,4)6(11)12;/h1-4H3,(H,9,10)(H,11,12);1H3. The minimum absolute atomic E-state index is 0. The van der Waals surface area contributed by atoms with Crippen LogP contribution < -0.4 is 6.15 Å². The Balaban J connectivity index is 0. The van der Waals surface area contributed by atoms with E-state index in [1.165, 1.54) is 27.7 Å². The van der Waals surface area contributed by atoms with Crippen LogP contribution in [0.4, 0.5) is 0 Å². The van der Waals surface area contributed by atoms with E-state index in [-0.39, 0.29) is 6.15 Å². The molecule has 0 rings (SSSR count). The molecule has 78 valence electrons. The summed E-state index contributed by atoms with van der Waals surface area (Å²) in [6.45, 7) is 5.62. The molecule has 0 radical (unpaired) electrons. The van der Waals surface area contributed by atoms with Gasteiger partial charge in [0.25, 0.3) is 0 Å². The zero-order chi connectivity index (χ0) is 10.2. The Bertz CT molecular complexity index is 196. The van der Waals surface area contributed by atoms with Gasteiger partial charge in [0.15, 0.2) is 0 Å². The summed E-state index contributed by atoms with van der Waals surface area (Å²) in [7, 11) is 0. The van der Waals surface area contributed by atoms with Gasteiger partial charge >= 0.3 is 11.9 Å². The van der Waals surface area contributed by atoms with E-state index in [9.17, 15) is 9.59 Å². The van der Waals surface area contributed by atoms with Crippen molar-refractivity contribution in [2.45, 2.75) is 27.7 Å². The predicted molar refractivity (Wildman–Crippen MR) is 47.9 cm³/mol. The normalized spacial score (nSPS) is 11.7. The Kier molecular flexibility index (Phi) is 4.15. The minimum Gasteiger partial charge on any atom is -0.481 e. The lowest BCUT2D eigenvalue weighted by Crippen LogP contribution is -2.44. The first-order chi connectivity index (χ1) is 5.14. The van der Waals surface area contributed by atoms with E-state index in [0.717, 1.165) is 0 Å². The molecule has 5 heteroatoms. The highest BCUT2D eigenvalue weighted by Crippen LogP contribution is 2.38. The summed E-state index contributed by atoms with van der Waals surface area (Å²) in [6, 6.07) is 0. The van der Waals surface area contributed by atoms with Crippen LogP contribution in [0.3, 0.4) is 0 Å². The fraction of sp³-hybridized carbons (Fsp3) is 0.750. The predicted octanol–water partition coefficient (Wildman–Crippen LogP) is 1.37. The van der Waals surface area contributed by atoms with Crippen molar-refractivity contribution in [1.82, 2.24) is 6.15 Å². The zero-order valence-electron chi connectivity index (χ0n) is 8.42. The third-order valence-corrected chi connectivity index (χ3v) is 2.63. The van der Waals surface area contributed by atoms with Crippen molar-refractivity contribution < 1.29 is 19.8 Å². The average molecular weight is 191 g/mol. The second-order valence-electron chi connectivity index (χ2n) is 3.86. The van der Waals surface area contributed by atoms with E-state index in [0.29, 0.717) is 0 Å². The van der Waals surface area contributed by atoms with Crippen LogP contribution in [0, 0.1) is 10.8 Å². The monoisotopic (exact) mass is 191 g/mol. The van der Waals surface area contributed by atoms with Crippen LogP contribution in [-0.4, -0.2) is 22.2 Å². The second kappa shape index (κ2) is 3.74. The first-order valence-corrected chi connectivity index (χ1v) is 3.61. The lowest BCUT2D eigenvalue weighted by atomic mass is 9.68. The Morgan fingerprint density at radius 3 is 1.08 bits per heavy atom. The Morgan fingerprint density at radius 2 is 1.00 bits per heavy atom. The summed E-state index contributed by atoms with van der Waals surface area (Å²) in [4.78, 5) is 21.4. The van der Waals surface area contributed by atoms with E-state index >= 15 is 0 Å². The zero-order valence-corrected chi connectivity index (χ0v) is 8.42. The summed E-state index contributed by atoms with van der Waals surface area (Å²) >= 11 is 0. The Labute approximate surface area is 77.3 Å². The number of rotatable bonds is 3. The van der Waals surface area contributed by atoms with Gasteiger partial charge in [0.1, 0.15) is 0 Å². The van der Waals surface area contributed by atoms with Crippen molar-refractivity contribution in [2.24, 2.45) is 10.8 Å². The molecule has 0 saturated heterocycles. The van der Waals surface area contributed by atoms with E-state index in [2.05, 4.69) is 0 Å². The highest BCUT2D eigenvalue weighted by Gasteiger charge is 2.48. The topological polar surface area (TPSA) is 110 Å². The SMILES string of the molecule is CC(C)(C(=O)O)C(C)(C)C(=O)O.N. The van der Waals surface area contributed by atoms with E-state index < -0.39 is 22.8 Å². The molecule has 0 aliphatic heterocycles. The van der Waals surface area contributed by atoms with E-state index in [4.69, 9.17) is 10.2 Å². The van der Waals surface area contributed by atoms with Crippen molar-refractivity contribution in [3.8, 4) is 0 Å². The van der Waals surface area contributed by atoms with Crippen molar-refractivity contribution in [3.63, 3.8) is 0 Å². The van der Waals surface area contributed by atoms with Gasteiger partial charge in [0.2, 0.25) is 0 Å². The maximum Gasteiger partial charge on any atom is 0.310 e. The number of hydrogen-bond donors (Lipinski definition) is 3. The molecule has 5 N–H and O–H groups in total. The van der Waals surface area contributed by atoms with Gasteiger partial charge in [-0.15, -0.1) is 0 Å². The third kappa shape index (κ3) is 2.18. The Morgan fingerprint density at radius 1 is 0.846 bits per heavy atom. The number of carboxylic acids is 2. The van der Waals surface area contributed by atoms with E-state index in [1.54, 1.807) is 0 Å². The van der Waals surface area contributed by atoms with Gasteiger partial charge in [0, 0.05) is 0 Å². The maximum atomic E-state index is 10.7. The van der Waals surface area contributed by atoms with E-state index in [1.807, 2.05) is 0 Å². The summed E-state index contributed by atoms with van der Waals surface area (Å²) in [5.74, 6) is -2.20. The largest absolute Gasteiger partial charge is 0.481 e. The lowest BCUT2D eigenvalue weighted by Gasteiger charge is -2.33. The molecule has 0 unspecified atom stereocenters. The fourth-order valence-electron chi connectivity index (χ4n) is 0.535. The molecular formula is C8H17NO4. The summed E-state index contributed by atoms with van der Waals surface area (Å²) in [5.41, 5.74) is -2.53. The van der Waals surface area contributed by atoms with Crippen LogP contribution in [0.2, 0.25) is 0 Å². The molecule has 5 nitrogen and oxygen atoms in total. The molecule has 0 saturated carbocycles. The molecule has 13 heavy (non-hydrogen) atoms.